The standard InChI is InChI=1S/C11H24OSi/c1-8(12)9-7-10(9)13(5,6)11(2,3)4/h8-10,12H,7H2,1-6H3/t8-,9-,10+/m1/s1. The highest BCUT2D eigenvalue weighted by molar-refractivity contribution is 6.82. The number of hydrogen-bond donors (Lipinski definition) is 1. The quantitative estimate of drug-likeness (QED) is 0.678. The normalized spacial score (nSPS) is 31.6. The molecule has 1 N–H and O–H groups in total. The molecule has 1 aliphatic rings. The van der Waals surface area contributed by atoms with Crippen LogP contribution >= 0.6 is 0 Å². The molecule has 0 aliphatic heterocycles. The summed E-state index contributed by atoms with van der Waals surface area (Å²) in [6.45, 7) is 14.0. The van der Waals surface area contributed by atoms with Crippen LogP contribution in [-0.2, 0) is 0 Å². The molecule has 0 saturated heterocycles. The Balaban J connectivity index is 2.65. The average Bonchev–Trinajstić information content (AvgIpc) is 2.60. The molecule has 0 aromatic carbocycles. The van der Waals surface area contributed by atoms with Gasteiger partial charge in [0, 0.05) is 0 Å². The van der Waals surface area contributed by atoms with Crippen molar-refractivity contribution in [2.45, 2.75) is 63.9 Å². The monoisotopic (exact) mass is 200 g/mol. The molecule has 0 amide bonds. The van der Waals surface area contributed by atoms with Crippen LogP contribution in [0.2, 0.25) is 23.7 Å². The summed E-state index contributed by atoms with van der Waals surface area (Å²) in [7, 11) is -1.16. The van der Waals surface area contributed by atoms with Gasteiger partial charge in [-0.05, 0) is 29.8 Å². The first-order chi connectivity index (χ1) is 5.68. The van der Waals surface area contributed by atoms with Crippen LogP contribution in [0.4, 0.5) is 0 Å². The second kappa shape index (κ2) is 3.09. The van der Waals surface area contributed by atoms with Gasteiger partial charge in [-0.3, -0.25) is 0 Å². The van der Waals surface area contributed by atoms with Crippen molar-refractivity contribution < 1.29 is 5.11 Å². The van der Waals surface area contributed by atoms with E-state index in [4.69, 9.17) is 0 Å². The molecule has 0 heterocycles. The van der Waals surface area contributed by atoms with Crippen LogP contribution in [0.1, 0.15) is 34.1 Å². The lowest BCUT2D eigenvalue weighted by molar-refractivity contribution is 0.171. The molecule has 1 saturated carbocycles. The van der Waals surface area contributed by atoms with Crippen LogP contribution in [0.15, 0.2) is 0 Å². The van der Waals surface area contributed by atoms with Gasteiger partial charge in [-0.15, -0.1) is 0 Å². The summed E-state index contributed by atoms with van der Waals surface area (Å²) < 4.78 is 0. The Bertz CT molecular complexity index is 191. The fourth-order valence-corrected chi connectivity index (χ4v) is 5.46. The largest absolute Gasteiger partial charge is 0.393 e. The lowest BCUT2D eigenvalue weighted by atomic mass is 10.2. The first-order valence-electron chi connectivity index (χ1n) is 5.36. The first-order valence-corrected chi connectivity index (χ1v) is 8.43. The molecule has 0 aromatic heterocycles. The Hall–Kier alpha value is 0.177. The fourth-order valence-electron chi connectivity index (χ4n) is 2.13. The molecule has 3 atom stereocenters. The second-order valence-corrected chi connectivity index (χ2v) is 11.9. The van der Waals surface area contributed by atoms with E-state index < -0.39 is 8.07 Å². The molecule has 0 aromatic rings. The van der Waals surface area contributed by atoms with Gasteiger partial charge in [-0.1, -0.05) is 33.9 Å². The van der Waals surface area contributed by atoms with Crippen molar-refractivity contribution >= 4 is 8.07 Å². The summed E-state index contributed by atoms with van der Waals surface area (Å²) in [5, 5.41) is 9.99. The fraction of sp³-hybridized carbons (Fsp3) is 1.00. The Kier molecular flexibility index (Phi) is 2.68. The average molecular weight is 200 g/mol. The minimum atomic E-state index is -1.16. The van der Waals surface area contributed by atoms with Crippen LogP contribution in [0, 0.1) is 5.92 Å². The minimum Gasteiger partial charge on any atom is -0.393 e. The molecule has 13 heavy (non-hydrogen) atoms. The van der Waals surface area contributed by atoms with Gasteiger partial charge in [0.1, 0.15) is 0 Å². The van der Waals surface area contributed by atoms with Crippen LogP contribution in [-0.4, -0.2) is 19.3 Å². The van der Waals surface area contributed by atoms with Crippen LogP contribution in [0.25, 0.3) is 0 Å². The van der Waals surface area contributed by atoms with Crippen LogP contribution in [0.3, 0.4) is 0 Å². The van der Waals surface area contributed by atoms with Crippen molar-refractivity contribution in [3.05, 3.63) is 0 Å². The maximum Gasteiger partial charge on any atom is 0.0562 e. The van der Waals surface area contributed by atoms with Gasteiger partial charge in [-0.25, -0.2) is 0 Å². The Morgan fingerprint density at radius 1 is 1.31 bits per heavy atom. The van der Waals surface area contributed by atoms with E-state index in [-0.39, 0.29) is 6.10 Å². The molecular weight excluding hydrogens is 176 g/mol. The van der Waals surface area contributed by atoms with E-state index in [2.05, 4.69) is 33.9 Å². The van der Waals surface area contributed by atoms with Gasteiger partial charge < -0.3 is 5.11 Å². The Labute approximate surface area is 83.6 Å². The minimum absolute atomic E-state index is 0.0841. The number of rotatable bonds is 2. The molecular formula is C11H24OSi. The van der Waals surface area contributed by atoms with Crippen molar-refractivity contribution in [3.8, 4) is 0 Å². The summed E-state index contributed by atoms with van der Waals surface area (Å²) in [6, 6.07) is 0. The van der Waals surface area contributed by atoms with Crippen LogP contribution in [0.5, 0.6) is 0 Å². The van der Waals surface area contributed by atoms with E-state index in [1.165, 1.54) is 6.42 Å². The Morgan fingerprint density at radius 2 is 1.77 bits per heavy atom. The Morgan fingerprint density at radius 3 is 2.00 bits per heavy atom. The van der Waals surface area contributed by atoms with Gasteiger partial charge in [0.15, 0.2) is 0 Å². The third-order valence-corrected chi connectivity index (χ3v) is 10.7. The highest BCUT2D eigenvalue weighted by Gasteiger charge is 2.54. The first kappa shape index (κ1) is 11.3. The lowest BCUT2D eigenvalue weighted by Gasteiger charge is -2.38. The predicted octanol–water partition coefficient (Wildman–Crippen LogP) is 3.27. The second-order valence-electron chi connectivity index (χ2n) is 6.22. The zero-order valence-electron chi connectivity index (χ0n) is 9.89. The van der Waals surface area contributed by atoms with Crippen LogP contribution < -0.4 is 0 Å². The summed E-state index contributed by atoms with van der Waals surface area (Å²) in [5.74, 6) is 0.612. The van der Waals surface area contributed by atoms with Crippen molar-refractivity contribution in [1.29, 1.82) is 0 Å². The molecule has 0 radical (unpaired) electrons. The number of aliphatic hydroxyl groups excluding tert-OH is 1. The maximum absolute atomic E-state index is 9.51. The molecule has 1 rings (SSSR count). The summed E-state index contributed by atoms with van der Waals surface area (Å²) in [5.41, 5.74) is 0.854. The third-order valence-electron chi connectivity index (χ3n) is 4.32. The van der Waals surface area contributed by atoms with Gasteiger partial charge in [0.05, 0.1) is 14.2 Å². The SMILES string of the molecule is C[C@@H](O)[C@H]1C[C@@H]1[Si](C)(C)C(C)(C)C. The molecule has 78 valence electrons. The zero-order chi connectivity index (χ0) is 10.4. The van der Waals surface area contributed by atoms with E-state index in [9.17, 15) is 5.11 Å². The molecule has 1 fully saturated rings. The van der Waals surface area contributed by atoms with E-state index in [0.29, 0.717) is 11.0 Å². The van der Waals surface area contributed by atoms with E-state index in [1.54, 1.807) is 0 Å². The molecule has 0 bridgehead atoms. The van der Waals surface area contributed by atoms with E-state index >= 15 is 0 Å². The van der Waals surface area contributed by atoms with Crippen molar-refractivity contribution in [2.75, 3.05) is 0 Å². The summed E-state index contributed by atoms with van der Waals surface area (Å²) in [4.78, 5) is 0. The molecule has 2 heteroatoms. The predicted molar refractivity (Wildman–Crippen MR) is 60.7 cm³/mol. The molecule has 0 unspecified atom stereocenters. The number of hydrogen-bond acceptors (Lipinski definition) is 1. The summed E-state index contributed by atoms with van der Waals surface area (Å²) >= 11 is 0. The van der Waals surface area contributed by atoms with Crippen molar-refractivity contribution in [1.82, 2.24) is 0 Å². The lowest BCUT2D eigenvalue weighted by Crippen LogP contribution is -2.38. The number of aliphatic hydroxyl groups is 1. The highest BCUT2D eigenvalue weighted by Crippen LogP contribution is 2.60. The van der Waals surface area contributed by atoms with Gasteiger partial charge in [-0.2, -0.15) is 0 Å². The molecule has 0 spiro atoms. The van der Waals surface area contributed by atoms with Gasteiger partial charge >= 0.3 is 0 Å². The van der Waals surface area contributed by atoms with E-state index in [0.717, 1.165) is 5.54 Å². The van der Waals surface area contributed by atoms with Crippen molar-refractivity contribution in [3.63, 3.8) is 0 Å². The molecule has 1 nitrogen and oxygen atoms in total. The van der Waals surface area contributed by atoms with Crippen molar-refractivity contribution in [2.24, 2.45) is 5.92 Å². The van der Waals surface area contributed by atoms with E-state index in [1.807, 2.05) is 6.92 Å². The smallest absolute Gasteiger partial charge is 0.0562 e. The summed E-state index contributed by atoms with van der Waals surface area (Å²) in [6.07, 6.45) is 1.19. The van der Waals surface area contributed by atoms with Gasteiger partial charge in [0.25, 0.3) is 0 Å². The topological polar surface area (TPSA) is 20.2 Å². The molecule has 1 aliphatic carbocycles. The zero-order valence-corrected chi connectivity index (χ0v) is 10.9. The van der Waals surface area contributed by atoms with Gasteiger partial charge in [0.2, 0.25) is 0 Å². The third kappa shape index (κ3) is 1.99. The highest BCUT2D eigenvalue weighted by atomic mass is 28.3. The maximum atomic E-state index is 9.51.